The number of amides is 1. The van der Waals surface area contributed by atoms with Gasteiger partial charge in [-0.3, -0.25) is 5.32 Å². The van der Waals surface area contributed by atoms with Crippen LogP contribution in [0.25, 0.3) is 0 Å². The van der Waals surface area contributed by atoms with Crippen molar-refractivity contribution in [3.63, 3.8) is 0 Å². The van der Waals surface area contributed by atoms with Gasteiger partial charge < -0.3 is 4.74 Å². The Labute approximate surface area is 89.8 Å². The third kappa shape index (κ3) is 4.31. The molecule has 1 rings (SSSR count). The molecule has 0 aliphatic heterocycles. The molecule has 0 radical (unpaired) electrons. The number of carbonyl (C=O) groups excluding carboxylic acids is 1. The molecule has 0 fully saturated rings. The summed E-state index contributed by atoms with van der Waals surface area (Å²) in [6.07, 6.45) is 1.48. The van der Waals surface area contributed by atoms with Crippen LogP contribution in [0.5, 0.6) is 0 Å². The molecule has 15 heavy (non-hydrogen) atoms. The zero-order chi connectivity index (χ0) is 11.1. The molecule has 0 aliphatic rings. The number of allylic oxidation sites excluding steroid dienone is 1. The summed E-state index contributed by atoms with van der Waals surface area (Å²) in [5.41, 5.74) is 1.76. The maximum absolute atomic E-state index is 11.3. The summed E-state index contributed by atoms with van der Waals surface area (Å²) in [6, 6.07) is 9.22. The van der Waals surface area contributed by atoms with Gasteiger partial charge in [0.25, 0.3) is 0 Å². The molecular formula is C12H15NO2. The molecule has 1 N–H and O–H groups in total. The van der Waals surface area contributed by atoms with E-state index in [0.29, 0.717) is 6.61 Å². The Bertz CT molecular complexity index is 344. The van der Waals surface area contributed by atoms with Crippen molar-refractivity contribution < 1.29 is 9.53 Å². The second-order valence-electron chi connectivity index (χ2n) is 3.20. The molecular weight excluding hydrogens is 190 g/mol. The van der Waals surface area contributed by atoms with E-state index in [1.54, 1.807) is 0 Å². The van der Waals surface area contributed by atoms with E-state index in [9.17, 15) is 4.79 Å². The lowest BCUT2D eigenvalue weighted by Gasteiger charge is -2.06. The molecule has 1 aromatic rings. The zero-order valence-electron chi connectivity index (χ0n) is 8.99. The number of hydrogen-bond acceptors (Lipinski definition) is 2. The average Bonchev–Trinajstić information content (AvgIpc) is 2.27. The molecule has 1 aromatic carbocycles. The monoisotopic (exact) mass is 205 g/mol. The molecule has 0 unspecified atom stereocenters. The first-order valence-electron chi connectivity index (χ1n) is 4.83. The molecule has 0 spiro atoms. The van der Waals surface area contributed by atoms with Gasteiger partial charge in [-0.05, 0) is 31.6 Å². The van der Waals surface area contributed by atoms with Crippen molar-refractivity contribution in [1.29, 1.82) is 0 Å². The van der Waals surface area contributed by atoms with Gasteiger partial charge in [0.1, 0.15) is 6.61 Å². The lowest BCUT2D eigenvalue weighted by atomic mass is 10.3. The van der Waals surface area contributed by atoms with Crippen molar-refractivity contribution in [3.8, 4) is 0 Å². The highest BCUT2D eigenvalue weighted by molar-refractivity contribution is 5.84. The number of rotatable bonds is 3. The van der Waals surface area contributed by atoms with Crippen molar-refractivity contribution >= 4 is 11.8 Å². The van der Waals surface area contributed by atoms with Crippen LogP contribution in [0, 0.1) is 0 Å². The number of ether oxygens (including phenoxy) is 1. The van der Waals surface area contributed by atoms with Crippen LogP contribution in [0.2, 0.25) is 0 Å². The van der Waals surface area contributed by atoms with Crippen LogP contribution in [-0.2, 0) is 4.74 Å². The Morgan fingerprint density at radius 1 is 1.40 bits per heavy atom. The van der Waals surface area contributed by atoms with Gasteiger partial charge in [-0.2, -0.15) is 0 Å². The number of para-hydroxylation sites is 1. The van der Waals surface area contributed by atoms with Crippen LogP contribution >= 0.6 is 0 Å². The maximum atomic E-state index is 11.3. The summed E-state index contributed by atoms with van der Waals surface area (Å²) in [5.74, 6) is 0. The highest BCUT2D eigenvalue weighted by atomic mass is 16.5. The van der Waals surface area contributed by atoms with Gasteiger partial charge in [0.2, 0.25) is 0 Å². The second kappa shape index (κ2) is 5.86. The van der Waals surface area contributed by atoms with Gasteiger partial charge >= 0.3 is 6.09 Å². The minimum atomic E-state index is -0.428. The fourth-order valence-corrected chi connectivity index (χ4v) is 0.938. The first kappa shape index (κ1) is 11.3. The summed E-state index contributed by atoms with van der Waals surface area (Å²) in [5, 5.41) is 2.63. The molecule has 0 saturated heterocycles. The second-order valence-corrected chi connectivity index (χ2v) is 3.20. The van der Waals surface area contributed by atoms with E-state index in [-0.39, 0.29) is 0 Å². The van der Waals surface area contributed by atoms with E-state index in [2.05, 4.69) is 5.32 Å². The van der Waals surface area contributed by atoms with E-state index in [0.717, 1.165) is 11.3 Å². The minimum Gasteiger partial charge on any atom is -0.445 e. The lowest BCUT2D eigenvalue weighted by Crippen LogP contribution is -2.14. The predicted octanol–water partition coefficient (Wildman–Crippen LogP) is 3.20. The Morgan fingerprint density at radius 2 is 2.07 bits per heavy atom. The van der Waals surface area contributed by atoms with Crippen molar-refractivity contribution in [2.75, 3.05) is 11.9 Å². The fraction of sp³-hybridized carbons (Fsp3) is 0.250. The van der Waals surface area contributed by atoms with Crippen molar-refractivity contribution in [2.24, 2.45) is 0 Å². The molecule has 3 heteroatoms. The van der Waals surface area contributed by atoms with Gasteiger partial charge in [-0.15, -0.1) is 0 Å². The molecule has 0 atom stereocenters. The Kier molecular flexibility index (Phi) is 4.41. The van der Waals surface area contributed by atoms with E-state index >= 15 is 0 Å². The molecule has 0 aliphatic carbocycles. The van der Waals surface area contributed by atoms with Crippen LogP contribution in [0.4, 0.5) is 10.5 Å². The van der Waals surface area contributed by atoms with Crippen molar-refractivity contribution in [2.45, 2.75) is 13.8 Å². The Balaban J connectivity index is 2.37. The van der Waals surface area contributed by atoms with Crippen LogP contribution in [-0.4, -0.2) is 12.7 Å². The minimum absolute atomic E-state index is 0.329. The van der Waals surface area contributed by atoms with Crippen LogP contribution < -0.4 is 5.32 Å². The fourth-order valence-electron chi connectivity index (χ4n) is 0.938. The highest BCUT2D eigenvalue weighted by Gasteiger charge is 2.01. The number of hydrogen-bond donors (Lipinski definition) is 1. The van der Waals surface area contributed by atoms with Gasteiger partial charge in [0, 0.05) is 5.69 Å². The highest BCUT2D eigenvalue weighted by Crippen LogP contribution is 2.05. The number of anilines is 1. The topological polar surface area (TPSA) is 38.3 Å². The number of nitrogens with one attached hydrogen (secondary N) is 1. The molecule has 0 aromatic heterocycles. The van der Waals surface area contributed by atoms with E-state index in [1.807, 2.05) is 50.3 Å². The Hall–Kier alpha value is -1.77. The first-order chi connectivity index (χ1) is 7.22. The lowest BCUT2D eigenvalue weighted by molar-refractivity contribution is 0.171. The quantitative estimate of drug-likeness (QED) is 0.769. The smallest absolute Gasteiger partial charge is 0.411 e. The maximum Gasteiger partial charge on any atom is 0.411 e. The van der Waals surface area contributed by atoms with Crippen molar-refractivity contribution in [3.05, 3.63) is 42.0 Å². The van der Waals surface area contributed by atoms with Crippen LogP contribution in [0.15, 0.2) is 42.0 Å². The van der Waals surface area contributed by atoms with Crippen LogP contribution in [0.1, 0.15) is 13.8 Å². The predicted molar refractivity (Wildman–Crippen MR) is 60.8 cm³/mol. The normalized spacial score (nSPS) is 10.9. The van der Waals surface area contributed by atoms with E-state index < -0.39 is 6.09 Å². The van der Waals surface area contributed by atoms with Gasteiger partial charge in [-0.1, -0.05) is 24.3 Å². The SMILES string of the molecule is C/C=C(\C)COC(=O)Nc1ccccc1. The van der Waals surface area contributed by atoms with Crippen molar-refractivity contribution in [1.82, 2.24) is 0 Å². The number of carbonyl (C=O) groups is 1. The van der Waals surface area contributed by atoms with Gasteiger partial charge in [-0.25, -0.2) is 4.79 Å². The van der Waals surface area contributed by atoms with E-state index in [1.165, 1.54) is 0 Å². The molecule has 80 valence electrons. The summed E-state index contributed by atoms with van der Waals surface area (Å²) >= 11 is 0. The van der Waals surface area contributed by atoms with Gasteiger partial charge in [0.15, 0.2) is 0 Å². The molecule has 3 nitrogen and oxygen atoms in total. The molecule has 0 saturated carbocycles. The third-order valence-electron chi connectivity index (χ3n) is 1.94. The van der Waals surface area contributed by atoms with Gasteiger partial charge in [0.05, 0.1) is 0 Å². The summed E-state index contributed by atoms with van der Waals surface area (Å²) in [4.78, 5) is 11.3. The molecule has 0 bridgehead atoms. The largest absolute Gasteiger partial charge is 0.445 e. The standard InChI is InChI=1S/C12H15NO2/c1-3-10(2)9-15-12(14)13-11-7-5-4-6-8-11/h3-8H,9H2,1-2H3,(H,13,14)/b10-3+. The zero-order valence-corrected chi connectivity index (χ0v) is 8.99. The number of benzene rings is 1. The van der Waals surface area contributed by atoms with Crippen LogP contribution in [0.3, 0.4) is 0 Å². The summed E-state index contributed by atoms with van der Waals surface area (Å²) in [7, 11) is 0. The average molecular weight is 205 g/mol. The first-order valence-corrected chi connectivity index (χ1v) is 4.83. The summed E-state index contributed by atoms with van der Waals surface area (Å²) < 4.78 is 4.98. The summed E-state index contributed by atoms with van der Waals surface area (Å²) in [6.45, 7) is 4.15. The van der Waals surface area contributed by atoms with E-state index in [4.69, 9.17) is 4.74 Å². The third-order valence-corrected chi connectivity index (χ3v) is 1.94. The molecule has 1 amide bonds. The Morgan fingerprint density at radius 3 is 2.67 bits per heavy atom. The molecule has 0 heterocycles.